The summed E-state index contributed by atoms with van der Waals surface area (Å²) in [7, 11) is 0. The zero-order chi connectivity index (χ0) is 22.3. The highest BCUT2D eigenvalue weighted by Gasteiger charge is 2.22. The van der Waals surface area contributed by atoms with Gasteiger partial charge in [0.25, 0.3) is 0 Å². The van der Waals surface area contributed by atoms with E-state index in [4.69, 9.17) is 9.47 Å². The number of aromatic nitrogens is 1. The standard InChI is InChI=1S/C28H27NO3/c1-3-25-26(20(2)30)28(32-19-22-12-8-5-9-13-22)29-27(25)23-14-16-24(17-15-23)31-18-21-10-6-4-7-11-21/h4-17,29H,3,18-19H2,1-2H3. The Morgan fingerprint density at radius 1 is 0.781 bits per heavy atom. The third-order valence-corrected chi connectivity index (χ3v) is 5.39. The van der Waals surface area contributed by atoms with E-state index in [1.807, 2.05) is 84.9 Å². The molecule has 0 saturated carbocycles. The number of carbonyl (C=O) groups excluding carboxylic acids is 1. The summed E-state index contributed by atoms with van der Waals surface area (Å²) < 4.78 is 11.9. The van der Waals surface area contributed by atoms with E-state index in [1.54, 1.807) is 6.92 Å². The van der Waals surface area contributed by atoms with Crippen molar-refractivity contribution >= 4 is 5.78 Å². The van der Waals surface area contributed by atoms with Gasteiger partial charge in [0.2, 0.25) is 5.88 Å². The number of ether oxygens (including phenoxy) is 2. The molecule has 0 radical (unpaired) electrons. The Morgan fingerprint density at radius 3 is 1.88 bits per heavy atom. The number of ketones is 1. The van der Waals surface area contributed by atoms with Gasteiger partial charge in [-0.05, 0) is 59.9 Å². The lowest BCUT2D eigenvalue weighted by molar-refractivity contribution is 0.101. The van der Waals surface area contributed by atoms with E-state index in [0.29, 0.717) is 24.7 Å². The molecule has 4 aromatic rings. The van der Waals surface area contributed by atoms with Gasteiger partial charge in [0.1, 0.15) is 19.0 Å². The maximum atomic E-state index is 12.5. The van der Waals surface area contributed by atoms with Crippen LogP contribution in [0.3, 0.4) is 0 Å². The van der Waals surface area contributed by atoms with Crippen molar-refractivity contribution in [3.05, 3.63) is 107 Å². The van der Waals surface area contributed by atoms with Gasteiger partial charge < -0.3 is 14.5 Å². The van der Waals surface area contributed by atoms with Crippen molar-refractivity contribution < 1.29 is 14.3 Å². The van der Waals surface area contributed by atoms with Crippen LogP contribution in [-0.2, 0) is 19.6 Å². The first kappa shape index (κ1) is 21.4. The van der Waals surface area contributed by atoms with Crippen LogP contribution in [-0.4, -0.2) is 10.8 Å². The molecular formula is C28H27NO3. The molecular weight excluding hydrogens is 398 g/mol. The lowest BCUT2D eigenvalue weighted by Crippen LogP contribution is -2.02. The molecule has 1 aromatic heterocycles. The van der Waals surface area contributed by atoms with E-state index < -0.39 is 0 Å². The second kappa shape index (κ2) is 10.0. The Hall–Kier alpha value is -3.79. The van der Waals surface area contributed by atoms with E-state index in [-0.39, 0.29) is 5.78 Å². The minimum absolute atomic E-state index is 0.00442. The molecule has 0 aliphatic heterocycles. The molecule has 4 heteroatoms. The SMILES string of the molecule is CCc1c(-c2ccc(OCc3ccccc3)cc2)[nH]c(OCc2ccccc2)c1C(C)=O. The number of Topliss-reactive ketones (excluding diaryl/α,β-unsaturated/α-hetero) is 1. The summed E-state index contributed by atoms with van der Waals surface area (Å²) in [6.07, 6.45) is 0.724. The molecule has 0 saturated heterocycles. The summed E-state index contributed by atoms with van der Waals surface area (Å²) in [4.78, 5) is 15.8. The van der Waals surface area contributed by atoms with Gasteiger partial charge in [-0.25, -0.2) is 0 Å². The molecule has 0 aliphatic rings. The Balaban J connectivity index is 1.56. The van der Waals surface area contributed by atoms with Gasteiger partial charge >= 0.3 is 0 Å². The van der Waals surface area contributed by atoms with Gasteiger partial charge in [0.15, 0.2) is 5.78 Å². The Labute approximate surface area is 188 Å². The predicted molar refractivity (Wildman–Crippen MR) is 127 cm³/mol. The molecule has 0 unspecified atom stereocenters. The molecule has 0 bridgehead atoms. The number of H-pyrrole nitrogens is 1. The van der Waals surface area contributed by atoms with E-state index in [2.05, 4.69) is 11.9 Å². The monoisotopic (exact) mass is 425 g/mol. The molecule has 1 N–H and O–H groups in total. The van der Waals surface area contributed by atoms with E-state index in [1.165, 1.54) is 0 Å². The third-order valence-electron chi connectivity index (χ3n) is 5.39. The summed E-state index contributed by atoms with van der Waals surface area (Å²) >= 11 is 0. The quantitative estimate of drug-likeness (QED) is 0.307. The fourth-order valence-corrected chi connectivity index (χ4v) is 3.78. The fraction of sp³-hybridized carbons (Fsp3) is 0.179. The lowest BCUT2D eigenvalue weighted by atomic mass is 10.0. The van der Waals surface area contributed by atoms with Crippen molar-refractivity contribution in [1.82, 2.24) is 4.98 Å². The largest absolute Gasteiger partial charge is 0.489 e. The van der Waals surface area contributed by atoms with Gasteiger partial charge in [-0.15, -0.1) is 0 Å². The normalized spacial score (nSPS) is 10.7. The van der Waals surface area contributed by atoms with E-state index in [9.17, 15) is 4.79 Å². The molecule has 4 nitrogen and oxygen atoms in total. The third kappa shape index (κ3) is 4.92. The summed E-state index contributed by atoms with van der Waals surface area (Å²) in [5.74, 6) is 1.32. The molecule has 0 fully saturated rings. The van der Waals surface area contributed by atoms with Crippen LogP contribution in [0.15, 0.2) is 84.9 Å². The number of hydrogen-bond acceptors (Lipinski definition) is 3. The molecule has 4 rings (SSSR count). The number of aromatic amines is 1. The van der Waals surface area contributed by atoms with Crippen molar-refractivity contribution in [2.45, 2.75) is 33.5 Å². The molecule has 1 heterocycles. The van der Waals surface area contributed by atoms with Crippen molar-refractivity contribution in [3.8, 4) is 22.9 Å². The first-order chi connectivity index (χ1) is 15.7. The summed E-state index contributed by atoms with van der Waals surface area (Å²) in [6, 6.07) is 28.0. The first-order valence-corrected chi connectivity index (χ1v) is 10.9. The second-order valence-electron chi connectivity index (χ2n) is 7.67. The van der Waals surface area contributed by atoms with Crippen molar-refractivity contribution in [1.29, 1.82) is 0 Å². The highest BCUT2D eigenvalue weighted by atomic mass is 16.5. The Kier molecular flexibility index (Phi) is 6.71. The number of rotatable bonds is 9. The highest BCUT2D eigenvalue weighted by Crippen LogP contribution is 2.34. The summed E-state index contributed by atoms with van der Waals surface area (Å²) in [6.45, 7) is 4.56. The molecule has 162 valence electrons. The summed E-state index contributed by atoms with van der Waals surface area (Å²) in [5, 5.41) is 0. The van der Waals surface area contributed by atoms with Crippen LogP contribution >= 0.6 is 0 Å². The smallest absolute Gasteiger partial charge is 0.203 e. The van der Waals surface area contributed by atoms with Gasteiger partial charge in [0, 0.05) is 0 Å². The number of hydrogen-bond donors (Lipinski definition) is 1. The predicted octanol–water partition coefficient (Wildman–Crippen LogP) is 6.60. The molecule has 3 aromatic carbocycles. The van der Waals surface area contributed by atoms with Crippen LogP contribution in [0.4, 0.5) is 0 Å². The van der Waals surface area contributed by atoms with Gasteiger partial charge in [0.05, 0.1) is 11.3 Å². The van der Waals surface area contributed by atoms with E-state index >= 15 is 0 Å². The molecule has 0 amide bonds. The second-order valence-corrected chi connectivity index (χ2v) is 7.67. The van der Waals surface area contributed by atoms with Crippen LogP contribution in [0.25, 0.3) is 11.3 Å². The van der Waals surface area contributed by atoms with Gasteiger partial charge in [-0.1, -0.05) is 67.6 Å². The minimum Gasteiger partial charge on any atom is -0.489 e. The first-order valence-electron chi connectivity index (χ1n) is 10.9. The molecule has 32 heavy (non-hydrogen) atoms. The van der Waals surface area contributed by atoms with Gasteiger partial charge in [-0.3, -0.25) is 4.79 Å². The molecule has 0 aliphatic carbocycles. The number of carbonyl (C=O) groups is 1. The average Bonchev–Trinajstić information content (AvgIpc) is 3.22. The maximum Gasteiger partial charge on any atom is 0.203 e. The molecule has 0 spiro atoms. The van der Waals surface area contributed by atoms with Crippen molar-refractivity contribution in [3.63, 3.8) is 0 Å². The van der Waals surface area contributed by atoms with Crippen LogP contribution in [0, 0.1) is 0 Å². The zero-order valence-corrected chi connectivity index (χ0v) is 18.4. The highest BCUT2D eigenvalue weighted by molar-refractivity contribution is 6.00. The van der Waals surface area contributed by atoms with Crippen molar-refractivity contribution in [2.24, 2.45) is 0 Å². The van der Waals surface area contributed by atoms with Crippen LogP contribution < -0.4 is 9.47 Å². The van der Waals surface area contributed by atoms with E-state index in [0.717, 1.165) is 40.1 Å². The Bertz CT molecular complexity index is 1160. The summed E-state index contributed by atoms with van der Waals surface area (Å²) in [5.41, 5.74) is 5.68. The zero-order valence-electron chi connectivity index (χ0n) is 18.4. The fourth-order valence-electron chi connectivity index (χ4n) is 3.78. The minimum atomic E-state index is -0.00442. The van der Waals surface area contributed by atoms with Crippen LogP contribution in [0.1, 0.15) is 40.9 Å². The lowest BCUT2D eigenvalue weighted by Gasteiger charge is -2.08. The average molecular weight is 426 g/mol. The number of nitrogens with one attached hydrogen (secondary N) is 1. The van der Waals surface area contributed by atoms with Crippen molar-refractivity contribution in [2.75, 3.05) is 0 Å². The maximum absolute atomic E-state index is 12.5. The van der Waals surface area contributed by atoms with Crippen LogP contribution in [0.5, 0.6) is 11.6 Å². The van der Waals surface area contributed by atoms with Crippen LogP contribution in [0.2, 0.25) is 0 Å². The number of benzene rings is 3. The van der Waals surface area contributed by atoms with Gasteiger partial charge in [-0.2, -0.15) is 0 Å². The molecule has 0 atom stereocenters. The Morgan fingerprint density at radius 2 is 1.34 bits per heavy atom. The topological polar surface area (TPSA) is 51.3 Å².